The van der Waals surface area contributed by atoms with Gasteiger partial charge in [-0.05, 0) is 66.8 Å². The zero-order valence-electron chi connectivity index (χ0n) is 29.9. The molecule has 0 spiro atoms. The highest BCUT2D eigenvalue weighted by Crippen LogP contribution is 2.44. The van der Waals surface area contributed by atoms with E-state index in [1.165, 1.54) is 18.2 Å². The van der Waals surface area contributed by atoms with E-state index in [1.54, 1.807) is 4.90 Å². The fourth-order valence-corrected chi connectivity index (χ4v) is 7.65. The maximum absolute atomic E-state index is 14.5. The van der Waals surface area contributed by atoms with E-state index >= 15 is 0 Å². The van der Waals surface area contributed by atoms with Crippen LogP contribution in [0.3, 0.4) is 0 Å². The monoisotopic (exact) mass is 665 g/mol. The van der Waals surface area contributed by atoms with Crippen LogP contribution >= 0.6 is 0 Å². The van der Waals surface area contributed by atoms with Crippen molar-refractivity contribution in [2.75, 3.05) is 6.54 Å². The van der Waals surface area contributed by atoms with Gasteiger partial charge in [0.2, 0.25) is 23.2 Å². The molecule has 1 aromatic rings. The van der Waals surface area contributed by atoms with Gasteiger partial charge >= 0.3 is 0 Å². The predicted molar refractivity (Wildman–Crippen MR) is 182 cm³/mol. The Bertz CT molecular complexity index is 1460. The van der Waals surface area contributed by atoms with Gasteiger partial charge in [0.1, 0.15) is 6.04 Å². The van der Waals surface area contributed by atoms with Crippen molar-refractivity contribution in [2.24, 2.45) is 40.4 Å². The number of Topliss-reactive ketones (excluding diaryl/α,β-unsaturated/α-hetero) is 4. The zero-order valence-corrected chi connectivity index (χ0v) is 29.9. The topological polar surface area (TPSA) is 151 Å². The van der Waals surface area contributed by atoms with Crippen LogP contribution in [-0.2, 0) is 24.0 Å². The molecule has 2 aliphatic carbocycles. The molecule has 6 atom stereocenters. The first kappa shape index (κ1) is 37.4. The van der Waals surface area contributed by atoms with Crippen molar-refractivity contribution >= 4 is 34.9 Å². The first-order valence-corrected chi connectivity index (χ1v) is 17.9. The Hall–Kier alpha value is -3.43. The lowest BCUT2D eigenvalue weighted by atomic mass is 9.76. The summed E-state index contributed by atoms with van der Waals surface area (Å²) in [5, 5.41) is 2.99. The third-order valence-electron chi connectivity index (χ3n) is 10.6. The smallest absolute Gasteiger partial charge is 0.248 e. The maximum Gasteiger partial charge on any atom is 0.248 e. The van der Waals surface area contributed by atoms with Crippen molar-refractivity contribution < 1.29 is 28.8 Å². The van der Waals surface area contributed by atoms with E-state index in [9.17, 15) is 33.6 Å². The maximum atomic E-state index is 14.5. The normalized spacial score (nSPS) is 22.8. The number of hydrogen-bond acceptors (Lipinski definition) is 7. The number of ketones is 4. The number of pyridine rings is 1. The minimum absolute atomic E-state index is 0.0229. The summed E-state index contributed by atoms with van der Waals surface area (Å²) in [7, 11) is 0. The third kappa shape index (κ3) is 8.97. The zero-order chi connectivity index (χ0) is 35.6. The minimum Gasteiger partial charge on any atom is -0.344 e. The number of rotatable bonds is 15. The Morgan fingerprint density at radius 1 is 0.938 bits per heavy atom. The van der Waals surface area contributed by atoms with E-state index in [-0.39, 0.29) is 66.0 Å². The van der Waals surface area contributed by atoms with Crippen LogP contribution in [0.5, 0.6) is 0 Å². The number of H-pyrrole nitrogens is 1. The molecule has 2 saturated carbocycles. The highest BCUT2D eigenvalue weighted by atomic mass is 16.2. The number of likely N-dealkylation sites (tertiary alicyclic amines) is 1. The van der Waals surface area contributed by atoms with Gasteiger partial charge in [0.15, 0.2) is 17.3 Å². The van der Waals surface area contributed by atoms with Crippen molar-refractivity contribution in [1.82, 2.24) is 15.2 Å². The van der Waals surface area contributed by atoms with Gasteiger partial charge in [0.25, 0.3) is 0 Å². The van der Waals surface area contributed by atoms with E-state index in [0.717, 1.165) is 32.1 Å². The Morgan fingerprint density at radius 2 is 1.62 bits per heavy atom. The highest BCUT2D eigenvalue weighted by Gasteiger charge is 2.52. The van der Waals surface area contributed by atoms with Crippen LogP contribution < -0.4 is 10.9 Å². The summed E-state index contributed by atoms with van der Waals surface area (Å²) in [6.45, 7) is 13.5. The molecule has 1 saturated heterocycles. The number of aromatic nitrogens is 1. The Morgan fingerprint density at radius 3 is 2.21 bits per heavy atom. The summed E-state index contributed by atoms with van der Waals surface area (Å²) in [6, 6.07) is 2.61. The molecule has 3 aliphatic rings. The van der Waals surface area contributed by atoms with Gasteiger partial charge in [0.05, 0.1) is 17.7 Å². The van der Waals surface area contributed by atoms with Gasteiger partial charge in [-0.2, -0.15) is 0 Å². The SMILES string of the molecule is CCC[C@@H](CC(=O)[C@@H]1[C@H]2CCCC2CN1C(=O)[C@@H](NC(=O)[C@H](CC(=O)c1cccc(=O)[nH]1)C(C)(C)C)C(C)(C)C)C(=O)C(=O)CC1CC1. The molecule has 3 fully saturated rings. The molecular formula is C38H55N3O7. The molecule has 10 heteroatoms. The molecule has 264 valence electrons. The first-order valence-electron chi connectivity index (χ1n) is 17.9. The average molecular weight is 666 g/mol. The fraction of sp³-hybridized carbons (Fsp3) is 0.711. The minimum atomic E-state index is -0.983. The van der Waals surface area contributed by atoms with E-state index in [1.807, 2.05) is 48.5 Å². The lowest BCUT2D eigenvalue weighted by molar-refractivity contribution is -0.146. The Kier molecular flexibility index (Phi) is 11.7. The summed E-state index contributed by atoms with van der Waals surface area (Å²) in [5.74, 6) is -3.29. The number of carbonyl (C=O) groups is 6. The highest BCUT2D eigenvalue weighted by molar-refractivity contribution is 6.38. The van der Waals surface area contributed by atoms with Crippen LogP contribution in [0.2, 0.25) is 0 Å². The largest absolute Gasteiger partial charge is 0.344 e. The molecule has 0 radical (unpaired) electrons. The van der Waals surface area contributed by atoms with Gasteiger partial charge in [-0.25, -0.2) is 0 Å². The summed E-state index contributed by atoms with van der Waals surface area (Å²) < 4.78 is 0. The predicted octanol–water partition coefficient (Wildman–Crippen LogP) is 5.08. The summed E-state index contributed by atoms with van der Waals surface area (Å²) >= 11 is 0. The van der Waals surface area contributed by atoms with E-state index in [0.29, 0.717) is 19.4 Å². The lowest BCUT2D eigenvalue weighted by Crippen LogP contribution is -2.59. The quantitative estimate of drug-likeness (QED) is 0.196. The van der Waals surface area contributed by atoms with E-state index in [2.05, 4.69) is 10.3 Å². The van der Waals surface area contributed by atoms with Crippen LogP contribution in [0.15, 0.2) is 23.0 Å². The molecule has 2 N–H and O–H groups in total. The molecule has 10 nitrogen and oxygen atoms in total. The summed E-state index contributed by atoms with van der Waals surface area (Å²) in [5.41, 5.74) is -1.68. The van der Waals surface area contributed by atoms with Gasteiger partial charge in [-0.1, -0.05) is 67.4 Å². The molecule has 1 aliphatic heterocycles. The molecule has 2 heterocycles. The summed E-state index contributed by atoms with van der Waals surface area (Å²) in [4.78, 5) is 97.8. The number of fused-ring (bicyclic) bond motifs is 1. The second-order valence-electron chi connectivity index (χ2n) is 16.7. The third-order valence-corrected chi connectivity index (χ3v) is 10.6. The average Bonchev–Trinajstić information content (AvgIpc) is 3.56. The van der Waals surface area contributed by atoms with Crippen molar-refractivity contribution in [3.8, 4) is 0 Å². The number of nitrogens with one attached hydrogen (secondary N) is 2. The Balaban J connectivity index is 1.56. The molecule has 0 bridgehead atoms. The number of hydrogen-bond donors (Lipinski definition) is 2. The van der Waals surface area contributed by atoms with Crippen LogP contribution in [0, 0.1) is 40.4 Å². The van der Waals surface area contributed by atoms with E-state index in [4.69, 9.17) is 0 Å². The second-order valence-corrected chi connectivity index (χ2v) is 16.7. The van der Waals surface area contributed by atoms with E-state index < -0.39 is 52.0 Å². The number of carbonyl (C=O) groups excluding carboxylic acids is 6. The van der Waals surface area contributed by atoms with Crippen molar-refractivity contribution in [1.29, 1.82) is 0 Å². The van der Waals surface area contributed by atoms with Crippen LogP contribution in [0.25, 0.3) is 0 Å². The fourth-order valence-electron chi connectivity index (χ4n) is 7.65. The van der Waals surface area contributed by atoms with Gasteiger partial charge < -0.3 is 15.2 Å². The summed E-state index contributed by atoms with van der Waals surface area (Å²) in [6.07, 6.45) is 5.73. The number of amides is 2. The molecule has 2 amide bonds. The van der Waals surface area contributed by atoms with Crippen molar-refractivity contribution in [2.45, 2.75) is 125 Å². The van der Waals surface area contributed by atoms with Crippen LogP contribution in [0.4, 0.5) is 0 Å². The van der Waals surface area contributed by atoms with Gasteiger partial charge in [-0.15, -0.1) is 0 Å². The van der Waals surface area contributed by atoms with Gasteiger partial charge in [0, 0.05) is 37.8 Å². The molecule has 4 rings (SSSR count). The molecule has 1 unspecified atom stereocenters. The van der Waals surface area contributed by atoms with Crippen LogP contribution in [-0.4, -0.2) is 63.5 Å². The lowest BCUT2D eigenvalue weighted by Gasteiger charge is -2.38. The van der Waals surface area contributed by atoms with Gasteiger partial charge in [-0.3, -0.25) is 33.6 Å². The van der Waals surface area contributed by atoms with Crippen molar-refractivity contribution in [3.63, 3.8) is 0 Å². The molecular weight excluding hydrogens is 610 g/mol. The second kappa shape index (κ2) is 15.0. The molecule has 48 heavy (non-hydrogen) atoms. The van der Waals surface area contributed by atoms with Crippen molar-refractivity contribution in [3.05, 3.63) is 34.2 Å². The molecule has 1 aromatic heterocycles. The Labute approximate surface area is 284 Å². The van der Waals surface area contributed by atoms with Crippen LogP contribution in [0.1, 0.15) is 123 Å². The molecule has 0 aromatic carbocycles. The number of nitrogens with zero attached hydrogens (tertiary/aromatic N) is 1. The first-order chi connectivity index (χ1) is 22.4. The standard InChI is InChI=1S/C38H55N3O7/c1-8-11-23(33(46)30(44)18-22-16-17-22)19-29(43)32-25-13-9-12-24(25)21-41(32)36(48)34(38(5,6)7)40-35(47)26(37(2,3)4)20-28(42)27-14-10-15-31(45)39-27/h10,14-15,22-26,32,34H,8-9,11-13,16-21H2,1-7H3,(H,39,45)(H,40,47)/t23-,24?,25-,26-,32-,34+/m0/s1. The number of aromatic amines is 1.